The monoisotopic (exact) mass is 444 g/mol. The third kappa shape index (κ3) is 5.25. The van der Waals surface area contributed by atoms with E-state index in [0.29, 0.717) is 5.69 Å². The first kappa shape index (κ1) is 22.4. The molecule has 9 heteroatoms. The number of carbonyl (C=O) groups is 2. The van der Waals surface area contributed by atoms with Crippen LogP contribution in [0.3, 0.4) is 0 Å². The topological polar surface area (TPSA) is 92.8 Å². The van der Waals surface area contributed by atoms with Crippen LogP contribution in [-0.4, -0.2) is 44.3 Å². The molecule has 0 saturated carbocycles. The summed E-state index contributed by atoms with van der Waals surface area (Å²) in [6, 6.07) is 17.2. The number of nitrogens with one attached hydrogen (secondary N) is 1. The van der Waals surface area contributed by atoms with Crippen LogP contribution in [0.1, 0.15) is 6.92 Å². The van der Waals surface area contributed by atoms with Gasteiger partial charge in [0.15, 0.2) is 6.10 Å². The van der Waals surface area contributed by atoms with Crippen LogP contribution in [0.2, 0.25) is 0 Å². The molecule has 0 spiro atoms. The lowest BCUT2D eigenvalue weighted by molar-refractivity contribution is -0.153. The van der Waals surface area contributed by atoms with E-state index in [1.165, 1.54) is 14.0 Å². The average Bonchev–Trinajstić information content (AvgIpc) is 2.74. The first-order valence-corrected chi connectivity index (χ1v) is 10.8. The summed E-state index contributed by atoms with van der Waals surface area (Å²) >= 11 is 0. The van der Waals surface area contributed by atoms with Gasteiger partial charge >= 0.3 is 5.97 Å². The number of benzene rings is 3. The Hall–Kier alpha value is -3.30. The lowest BCUT2D eigenvalue weighted by atomic mass is 10.1. The van der Waals surface area contributed by atoms with Crippen molar-refractivity contribution in [1.29, 1.82) is 0 Å². The van der Waals surface area contributed by atoms with Gasteiger partial charge in [-0.15, -0.1) is 0 Å². The van der Waals surface area contributed by atoms with Crippen molar-refractivity contribution in [2.24, 2.45) is 0 Å². The van der Waals surface area contributed by atoms with E-state index in [1.807, 2.05) is 30.3 Å². The third-order valence-corrected chi connectivity index (χ3v) is 6.42. The van der Waals surface area contributed by atoms with Crippen molar-refractivity contribution < 1.29 is 27.1 Å². The highest BCUT2D eigenvalue weighted by atomic mass is 32.2. The predicted molar refractivity (Wildman–Crippen MR) is 114 cm³/mol. The minimum Gasteiger partial charge on any atom is -0.452 e. The van der Waals surface area contributed by atoms with Crippen LogP contribution in [0.5, 0.6) is 0 Å². The van der Waals surface area contributed by atoms with Gasteiger partial charge in [0.1, 0.15) is 12.4 Å². The number of hydrogen-bond acceptors (Lipinski definition) is 5. The molecule has 7 nitrogen and oxygen atoms in total. The predicted octanol–water partition coefficient (Wildman–Crippen LogP) is 3.17. The largest absolute Gasteiger partial charge is 0.452 e. The maximum atomic E-state index is 13.0. The molecule has 0 fully saturated rings. The van der Waals surface area contributed by atoms with Gasteiger partial charge in [-0.05, 0) is 42.6 Å². The number of amides is 1. The number of ether oxygens (including phenoxy) is 1. The van der Waals surface area contributed by atoms with Crippen LogP contribution in [0, 0.1) is 5.82 Å². The molecule has 0 radical (unpaired) electrons. The Labute approximate surface area is 179 Å². The van der Waals surface area contributed by atoms with Gasteiger partial charge in [0, 0.05) is 18.1 Å². The minimum atomic E-state index is -4.01. The maximum Gasteiger partial charge on any atom is 0.322 e. The Kier molecular flexibility index (Phi) is 6.67. The molecule has 0 aromatic heterocycles. The van der Waals surface area contributed by atoms with Crippen LogP contribution >= 0.6 is 0 Å². The number of halogens is 1. The fourth-order valence-electron chi connectivity index (χ4n) is 2.91. The molecule has 1 amide bonds. The molecule has 0 aliphatic rings. The first-order chi connectivity index (χ1) is 14.7. The molecule has 31 heavy (non-hydrogen) atoms. The Morgan fingerprint density at radius 2 is 1.68 bits per heavy atom. The van der Waals surface area contributed by atoms with Crippen LogP contribution in [-0.2, 0) is 24.3 Å². The number of likely N-dealkylation sites (N-methyl/N-ethyl adjacent to an activating group) is 1. The molecular formula is C22H21FN2O5S. The van der Waals surface area contributed by atoms with Gasteiger partial charge in [-0.25, -0.2) is 12.8 Å². The zero-order valence-electron chi connectivity index (χ0n) is 16.9. The fourth-order valence-corrected chi connectivity index (χ4v) is 4.03. The number of esters is 1. The normalized spacial score (nSPS) is 12.5. The molecule has 3 rings (SSSR count). The summed E-state index contributed by atoms with van der Waals surface area (Å²) in [4.78, 5) is 24.5. The summed E-state index contributed by atoms with van der Waals surface area (Å²) < 4.78 is 43.9. The summed E-state index contributed by atoms with van der Waals surface area (Å²) in [6.45, 7) is 0.790. The van der Waals surface area contributed by atoms with Crippen LogP contribution in [0.25, 0.3) is 10.8 Å². The summed E-state index contributed by atoms with van der Waals surface area (Å²) in [5.74, 6) is -2.02. The summed E-state index contributed by atoms with van der Waals surface area (Å²) in [5, 5.41) is 4.50. The van der Waals surface area contributed by atoms with Crippen molar-refractivity contribution in [2.75, 3.05) is 18.9 Å². The quantitative estimate of drug-likeness (QED) is 0.565. The summed E-state index contributed by atoms with van der Waals surface area (Å²) in [6.07, 6.45) is -1.15. The Morgan fingerprint density at radius 1 is 1.03 bits per heavy atom. The Balaban J connectivity index is 1.62. The van der Waals surface area contributed by atoms with E-state index in [1.54, 1.807) is 12.1 Å². The molecule has 162 valence electrons. The van der Waals surface area contributed by atoms with Crippen LogP contribution < -0.4 is 5.32 Å². The van der Waals surface area contributed by atoms with Gasteiger partial charge in [0.05, 0.1) is 4.90 Å². The molecule has 0 aliphatic carbocycles. The molecular weight excluding hydrogens is 423 g/mol. The molecule has 0 saturated heterocycles. The number of nitrogens with zero attached hydrogens (tertiary/aromatic N) is 1. The van der Waals surface area contributed by atoms with E-state index in [0.717, 1.165) is 39.3 Å². The zero-order chi connectivity index (χ0) is 22.6. The smallest absolute Gasteiger partial charge is 0.322 e. The second-order valence-corrected chi connectivity index (χ2v) is 8.91. The average molecular weight is 444 g/mol. The van der Waals surface area contributed by atoms with Crippen LogP contribution in [0.4, 0.5) is 10.1 Å². The van der Waals surface area contributed by atoms with Crippen molar-refractivity contribution in [2.45, 2.75) is 17.9 Å². The van der Waals surface area contributed by atoms with Crippen molar-refractivity contribution >= 4 is 38.4 Å². The van der Waals surface area contributed by atoms with E-state index >= 15 is 0 Å². The fraction of sp³-hybridized carbons (Fsp3) is 0.182. The molecule has 0 aliphatic heterocycles. The lowest BCUT2D eigenvalue weighted by Crippen LogP contribution is -2.37. The van der Waals surface area contributed by atoms with Gasteiger partial charge in [0.2, 0.25) is 10.0 Å². The first-order valence-electron chi connectivity index (χ1n) is 9.38. The molecule has 3 aromatic carbocycles. The lowest BCUT2D eigenvalue weighted by Gasteiger charge is -2.19. The van der Waals surface area contributed by atoms with Crippen molar-refractivity contribution in [1.82, 2.24) is 4.31 Å². The molecule has 0 heterocycles. The van der Waals surface area contributed by atoms with Crippen molar-refractivity contribution in [3.05, 3.63) is 72.5 Å². The Morgan fingerprint density at radius 3 is 2.39 bits per heavy atom. The number of fused-ring (bicyclic) bond motifs is 1. The van der Waals surface area contributed by atoms with E-state index in [9.17, 15) is 22.4 Å². The van der Waals surface area contributed by atoms with E-state index in [4.69, 9.17) is 4.74 Å². The van der Waals surface area contributed by atoms with Gasteiger partial charge in [-0.3, -0.25) is 9.59 Å². The number of hydrogen-bond donors (Lipinski definition) is 1. The SMILES string of the molecule is CC(OC(=O)CN(C)S(=O)(=O)c1ccc(F)cc1)C(=O)Nc1cccc2ccccc12. The molecule has 1 atom stereocenters. The van der Waals surface area contributed by atoms with Crippen molar-refractivity contribution in [3.63, 3.8) is 0 Å². The zero-order valence-corrected chi connectivity index (χ0v) is 17.7. The molecule has 3 aromatic rings. The van der Waals surface area contributed by atoms with Gasteiger partial charge in [-0.1, -0.05) is 36.4 Å². The van der Waals surface area contributed by atoms with E-state index in [-0.39, 0.29) is 4.90 Å². The van der Waals surface area contributed by atoms with Gasteiger partial charge < -0.3 is 10.1 Å². The van der Waals surface area contributed by atoms with Crippen molar-refractivity contribution in [3.8, 4) is 0 Å². The highest BCUT2D eigenvalue weighted by Crippen LogP contribution is 2.23. The summed E-state index contributed by atoms with van der Waals surface area (Å²) in [7, 11) is -2.82. The number of rotatable bonds is 7. The molecule has 1 N–H and O–H groups in total. The number of anilines is 1. The maximum absolute atomic E-state index is 13.0. The molecule has 0 bridgehead atoms. The highest BCUT2D eigenvalue weighted by molar-refractivity contribution is 7.89. The minimum absolute atomic E-state index is 0.161. The second kappa shape index (κ2) is 9.23. The van der Waals surface area contributed by atoms with E-state index < -0.39 is 40.4 Å². The second-order valence-electron chi connectivity index (χ2n) is 6.86. The Bertz CT molecular complexity index is 1210. The molecule has 1 unspecified atom stereocenters. The van der Waals surface area contributed by atoms with Gasteiger partial charge in [-0.2, -0.15) is 4.31 Å². The standard InChI is InChI=1S/C22H21FN2O5S/c1-15(22(27)24-20-9-5-7-16-6-3-4-8-19(16)20)30-21(26)14-25(2)31(28,29)18-12-10-17(23)11-13-18/h3-13,15H,14H2,1-2H3,(H,24,27). The summed E-state index contributed by atoms with van der Waals surface area (Å²) in [5.41, 5.74) is 0.571. The highest BCUT2D eigenvalue weighted by Gasteiger charge is 2.26. The number of carbonyl (C=O) groups excluding carboxylic acids is 2. The van der Waals surface area contributed by atoms with E-state index in [2.05, 4.69) is 5.32 Å². The van der Waals surface area contributed by atoms with Gasteiger partial charge in [0.25, 0.3) is 5.91 Å². The van der Waals surface area contributed by atoms with Crippen LogP contribution in [0.15, 0.2) is 71.6 Å². The number of sulfonamides is 1. The third-order valence-electron chi connectivity index (χ3n) is 4.60.